The van der Waals surface area contributed by atoms with Crippen LogP contribution in [0, 0.1) is 0 Å². The van der Waals surface area contributed by atoms with Crippen LogP contribution < -0.4 is 15.8 Å². The second-order valence-electron chi connectivity index (χ2n) is 5.24. The number of carbonyl (C=O) groups excluding carboxylic acids is 1. The van der Waals surface area contributed by atoms with E-state index in [0.29, 0.717) is 12.3 Å². The number of hydrogen-bond acceptors (Lipinski definition) is 4. The maximum Gasteiger partial charge on any atom is 0.242 e. The molecule has 1 heterocycles. The van der Waals surface area contributed by atoms with Crippen molar-refractivity contribution in [3.8, 4) is 5.75 Å². The van der Waals surface area contributed by atoms with Gasteiger partial charge in [-0.15, -0.1) is 0 Å². The SMILES string of the molecule is COc1cccc(C(C)(NCC2CCCO2)C(N)=O)c1. The minimum Gasteiger partial charge on any atom is -0.497 e. The van der Waals surface area contributed by atoms with Crippen LogP contribution in [0.1, 0.15) is 25.3 Å². The van der Waals surface area contributed by atoms with Crippen molar-refractivity contribution in [1.29, 1.82) is 0 Å². The molecular formula is C15H22N2O3. The van der Waals surface area contributed by atoms with Crippen LogP contribution in [0.5, 0.6) is 5.75 Å². The molecule has 2 atom stereocenters. The van der Waals surface area contributed by atoms with Crippen LogP contribution in [0.3, 0.4) is 0 Å². The van der Waals surface area contributed by atoms with E-state index in [4.69, 9.17) is 15.2 Å². The lowest BCUT2D eigenvalue weighted by Crippen LogP contribution is -2.52. The van der Waals surface area contributed by atoms with Gasteiger partial charge in [0.25, 0.3) is 0 Å². The molecule has 0 saturated carbocycles. The van der Waals surface area contributed by atoms with E-state index in [2.05, 4.69) is 5.32 Å². The lowest BCUT2D eigenvalue weighted by molar-refractivity contribution is -0.124. The van der Waals surface area contributed by atoms with Crippen LogP contribution in [0.25, 0.3) is 0 Å². The molecule has 0 aromatic heterocycles. The molecule has 0 spiro atoms. The summed E-state index contributed by atoms with van der Waals surface area (Å²) < 4.78 is 10.8. The Bertz CT molecular complexity index is 472. The third kappa shape index (κ3) is 3.11. The second kappa shape index (κ2) is 6.24. The van der Waals surface area contributed by atoms with Crippen LogP contribution in [-0.2, 0) is 15.1 Å². The van der Waals surface area contributed by atoms with E-state index in [-0.39, 0.29) is 6.10 Å². The average molecular weight is 278 g/mol. The standard InChI is InChI=1S/C15H22N2O3/c1-15(14(16)18,17-10-13-7-4-8-20-13)11-5-3-6-12(9-11)19-2/h3,5-6,9,13,17H,4,7-8,10H2,1-2H3,(H2,16,18). The third-order valence-electron chi connectivity index (χ3n) is 3.85. The first kappa shape index (κ1) is 14.8. The number of rotatable bonds is 6. The number of ether oxygens (including phenoxy) is 2. The van der Waals surface area contributed by atoms with Gasteiger partial charge in [-0.05, 0) is 37.5 Å². The maximum absolute atomic E-state index is 11.9. The summed E-state index contributed by atoms with van der Waals surface area (Å²) >= 11 is 0. The molecule has 0 aliphatic carbocycles. The summed E-state index contributed by atoms with van der Waals surface area (Å²) in [7, 11) is 1.60. The van der Waals surface area contributed by atoms with Crippen molar-refractivity contribution in [1.82, 2.24) is 5.32 Å². The topological polar surface area (TPSA) is 73.6 Å². The van der Waals surface area contributed by atoms with E-state index in [1.165, 1.54) is 0 Å². The predicted octanol–water partition coefficient (Wildman–Crippen LogP) is 1.16. The van der Waals surface area contributed by atoms with Crippen LogP contribution in [-0.4, -0.2) is 32.3 Å². The molecule has 1 saturated heterocycles. The molecule has 3 N–H and O–H groups in total. The lowest BCUT2D eigenvalue weighted by atomic mass is 9.90. The van der Waals surface area contributed by atoms with Crippen molar-refractivity contribution in [3.63, 3.8) is 0 Å². The van der Waals surface area contributed by atoms with Crippen molar-refractivity contribution in [2.45, 2.75) is 31.4 Å². The normalized spacial score (nSPS) is 21.4. The van der Waals surface area contributed by atoms with E-state index in [1.807, 2.05) is 24.3 Å². The van der Waals surface area contributed by atoms with E-state index in [1.54, 1.807) is 14.0 Å². The molecule has 5 heteroatoms. The number of benzene rings is 1. The molecule has 0 bridgehead atoms. The minimum atomic E-state index is -0.930. The molecule has 1 aliphatic rings. The maximum atomic E-state index is 11.9. The highest BCUT2D eigenvalue weighted by molar-refractivity contribution is 5.85. The molecule has 1 aromatic carbocycles. The van der Waals surface area contributed by atoms with Crippen LogP contribution in [0.15, 0.2) is 24.3 Å². The van der Waals surface area contributed by atoms with Gasteiger partial charge in [0.1, 0.15) is 11.3 Å². The second-order valence-corrected chi connectivity index (χ2v) is 5.24. The summed E-state index contributed by atoms with van der Waals surface area (Å²) in [5.41, 5.74) is 5.46. The number of primary amides is 1. The zero-order chi connectivity index (χ0) is 14.6. The largest absolute Gasteiger partial charge is 0.497 e. The van der Waals surface area contributed by atoms with Gasteiger partial charge in [-0.25, -0.2) is 0 Å². The van der Waals surface area contributed by atoms with Crippen molar-refractivity contribution in [2.75, 3.05) is 20.3 Å². The minimum absolute atomic E-state index is 0.152. The highest BCUT2D eigenvalue weighted by Crippen LogP contribution is 2.25. The van der Waals surface area contributed by atoms with Crippen LogP contribution >= 0.6 is 0 Å². The van der Waals surface area contributed by atoms with Gasteiger partial charge in [0, 0.05) is 13.2 Å². The first-order valence-corrected chi connectivity index (χ1v) is 6.87. The third-order valence-corrected chi connectivity index (χ3v) is 3.85. The molecule has 1 fully saturated rings. The van der Waals surface area contributed by atoms with Crippen molar-refractivity contribution < 1.29 is 14.3 Å². The van der Waals surface area contributed by atoms with Gasteiger partial charge in [0.2, 0.25) is 5.91 Å². The molecule has 2 unspecified atom stereocenters. The van der Waals surface area contributed by atoms with Gasteiger partial charge in [-0.2, -0.15) is 0 Å². The quantitative estimate of drug-likeness (QED) is 0.819. The summed E-state index contributed by atoms with van der Waals surface area (Å²) in [6.45, 7) is 3.19. The Morgan fingerprint density at radius 3 is 3.00 bits per heavy atom. The molecule has 5 nitrogen and oxygen atoms in total. The van der Waals surface area contributed by atoms with E-state index in [9.17, 15) is 4.79 Å². The zero-order valence-corrected chi connectivity index (χ0v) is 12.0. The van der Waals surface area contributed by atoms with E-state index >= 15 is 0 Å². The number of nitrogens with one attached hydrogen (secondary N) is 1. The molecular weight excluding hydrogens is 256 g/mol. The van der Waals surface area contributed by atoms with E-state index < -0.39 is 11.4 Å². The van der Waals surface area contributed by atoms with Crippen molar-refractivity contribution in [2.24, 2.45) is 5.73 Å². The van der Waals surface area contributed by atoms with Gasteiger partial charge in [-0.3, -0.25) is 10.1 Å². The molecule has 1 amide bonds. The summed E-state index contributed by atoms with van der Waals surface area (Å²) in [6.07, 6.45) is 2.23. The number of hydrogen-bond donors (Lipinski definition) is 2. The van der Waals surface area contributed by atoms with Crippen molar-refractivity contribution >= 4 is 5.91 Å². The number of methoxy groups -OCH3 is 1. The number of nitrogens with two attached hydrogens (primary N) is 1. The smallest absolute Gasteiger partial charge is 0.242 e. The summed E-state index contributed by atoms with van der Waals surface area (Å²) in [5.74, 6) is 0.289. The van der Waals surface area contributed by atoms with Gasteiger partial charge >= 0.3 is 0 Å². The highest BCUT2D eigenvalue weighted by atomic mass is 16.5. The monoisotopic (exact) mass is 278 g/mol. The van der Waals surface area contributed by atoms with Gasteiger partial charge in [0.15, 0.2) is 0 Å². The summed E-state index contributed by atoms with van der Waals surface area (Å²) in [5, 5.41) is 3.25. The first-order chi connectivity index (χ1) is 9.56. The average Bonchev–Trinajstić information content (AvgIpc) is 2.98. The predicted molar refractivity (Wildman–Crippen MR) is 76.5 cm³/mol. The Morgan fingerprint density at radius 2 is 2.40 bits per heavy atom. The van der Waals surface area contributed by atoms with Gasteiger partial charge < -0.3 is 15.2 Å². The Balaban J connectivity index is 2.16. The van der Waals surface area contributed by atoms with E-state index in [0.717, 1.165) is 25.0 Å². The number of amides is 1. The van der Waals surface area contributed by atoms with Gasteiger partial charge in [-0.1, -0.05) is 12.1 Å². The fourth-order valence-electron chi connectivity index (χ4n) is 2.39. The van der Waals surface area contributed by atoms with Crippen molar-refractivity contribution in [3.05, 3.63) is 29.8 Å². The molecule has 110 valence electrons. The Labute approximate surface area is 119 Å². The van der Waals surface area contributed by atoms with Gasteiger partial charge in [0.05, 0.1) is 13.2 Å². The molecule has 20 heavy (non-hydrogen) atoms. The Hall–Kier alpha value is -1.59. The molecule has 0 radical (unpaired) electrons. The Morgan fingerprint density at radius 1 is 1.60 bits per heavy atom. The number of carbonyl (C=O) groups is 1. The molecule has 2 rings (SSSR count). The zero-order valence-electron chi connectivity index (χ0n) is 12.0. The molecule has 1 aliphatic heterocycles. The summed E-state index contributed by atoms with van der Waals surface area (Å²) in [6, 6.07) is 7.39. The molecule has 1 aromatic rings. The fraction of sp³-hybridized carbons (Fsp3) is 0.533. The highest BCUT2D eigenvalue weighted by Gasteiger charge is 2.34. The Kier molecular flexibility index (Phi) is 4.62. The van der Waals surface area contributed by atoms with Crippen LogP contribution in [0.4, 0.5) is 0 Å². The summed E-state index contributed by atoms with van der Waals surface area (Å²) in [4.78, 5) is 11.9. The fourth-order valence-corrected chi connectivity index (χ4v) is 2.39. The first-order valence-electron chi connectivity index (χ1n) is 6.87. The lowest BCUT2D eigenvalue weighted by Gasteiger charge is -2.29. The van der Waals surface area contributed by atoms with Crippen LogP contribution in [0.2, 0.25) is 0 Å².